The second-order valence-corrected chi connectivity index (χ2v) is 5.65. The molecule has 0 aliphatic carbocycles. The molecule has 2 saturated heterocycles. The third-order valence-electron chi connectivity index (χ3n) is 4.33. The van der Waals surface area contributed by atoms with E-state index in [-0.39, 0.29) is 0 Å². The molecule has 0 radical (unpaired) electrons. The normalized spacial score (nSPS) is 39.9. The molecule has 0 bridgehead atoms. The number of nitrogens with one attached hydrogen (secondary N) is 1. The van der Waals surface area contributed by atoms with Crippen molar-refractivity contribution in [3.05, 3.63) is 0 Å². The summed E-state index contributed by atoms with van der Waals surface area (Å²) in [6.07, 6.45) is 2.81. The molecule has 2 unspecified atom stereocenters. The fourth-order valence-corrected chi connectivity index (χ4v) is 3.56. The molecule has 0 amide bonds. The second-order valence-electron chi connectivity index (χ2n) is 5.65. The molecule has 1 N–H and O–H groups in total. The van der Waals surface area contributed by atoms with Crippen molar-refractivity contribution < 1.29 is 0 Å². The van der Waals surface area contributed by atoms with Gasteiger partial charge in [-0.2, -0.15) is 0 Å². The van der Waals surface area contributed by atoms with E-state index in [2.05, 4.69) is 31.1 Å². The predicted molar refractivity (Wildman–Crippen MR) is 60.4 cm³/mol. The zero-order valence-corrected chi connectivity index (χ0v) is 9.84. The van der Waals surface area contributed by atoms with Gasteiger partial charge in [0.2, 0.25) is 0 Å². The Hall–Kier alpha value is -0.0800. The monoisotopic (exact) mass is 196 g/mol. The minimum absolute atomic E-state index is 0.647. The number of piperidine rings is 1. The molecule has 2 aliphatic rings. The maximum Gasteiger partial charge on any atom is 0.00391 e. The summed E-state index contributed by atoms with van der Waals surface area (Å²) in [4.78, 5) is 2.51. The molecule has 2 heteroatoms. The van der Waals surface area contributed by atoms with Crippen LogP contribution in [0.25, 0.3) is 0 Å². The molecule has 2 heterocycles. The minimum atomic E-state index is 0.647. The molecule has 2 nitrogen and oxygen atoms in total. The Morgan fingerprint density at radius 1 is 1.36 bits per heavy atom. The van der Waals surface area contributed by atoms with Crippen LogP contribution in [-0.2, 0) is 0 Å². The molecule has 1 spiro atoms. The van der Waals surface area contributed by atoms with Gasteiger partial charge in [-0.15, -0.1) is 0 Å². The largest absolute Gasteiger partial charge is 0.316 e. The summed E-state index contributed by atoms with van der Waals surface area (Å²) in [6, 6.07) is 0. The van der Waals surface area contributed by atoms with E-state index in [4.69, 9.17) is 0 Å². The first kappa shape index (κ1) is 10.4. The molecule has 2 atom stereocenters. The van der Waals surface area contributed by atoms with Gasteiger partial charge in [0.05, 0.1) is 0 Å². The van der Waals surface area contributed by atoms with Gasteiger partial charge >= 0.3 is 0 Å². The smallest absolute Gasteiger partial charge is 0.00391 e. The predicted octanol–water partition coefficient (Wildman–Crippen LogP) is 1.57. The summed E-state index contributed by atoms with van der Waals surface area (Å²) in [5.74, 6) is 1.72. The summed E-state index contributed by atoms with van der Waals surface area (Å²) in [5, 5.41) is 3.56. The highest BCUT2D eigenvalue weighted by Gasteiger charge is 2.45. The van der Waals surface area contributed by atoms with Crippen LogP contribution in [0.2, 0.25) is 0 Å². The van der Waals surface area contributed by atoms with Crippen LogP contribution < -0.4 is 5.32 Å². The fourth-order valence-electron chi connectivity index (χ4n) is 3.56. The van der Waals surface area contributed by atoms with Crippen LogP contribution in [0.5, 0.6) is 0 Å². The lowest BCUT2D eigenvalue weighted by molar-refractivity contribution is 0.0810. The maximum absolute atomic E-state index is 3.56. The molecular formula is C12H24N2. The molecule has 0 aromatic carbocycles. The lowest BCUT2D eigenvalue weighted by Gasteiger charge is -2.44. The lowest BCUT2D eigenvalue weighted by Crippen LogP contribution is -2.48. The minimum Gasteiger partial charge on any atom is -0.316 e. The molecule has 2 fully saturated rings. The summed E-state index contributed by atoms with van der Waals surface area (Å²) in [7, 11) is 2.27. The van der Waals surface area contributed by atoms with Crippen LogP contribution in [0.1, 0.15) is 26.7 Å². The molecule has 0 aromatic rings. The molecule has 0 aromatic heterocycles. The Morgan fingerprint density at radius 2 is 2.14 bits per heavy atom. The van der Waals surface area contributed by atoms with Gasteiger partial charge in [0.15, 0.2) is 0 Å². The van der Waals surface area contributed by atoms with Crippen molar-refractivity contribution in [2.45, 2.75) is 26.7 Å². The van der Waals surface area contributed by atoms with E-state index >= 15 is 0 Å². The van der Waals surface area contributed by atoms with Gasteiger partial charge in [-0.1, -0.05) is 13.8 Å². The maximum atomic E-state index is 3.56. The van der Waals surface area contributed by atoms with Crippen LogP contribution in [0.15, 0.2) is 0 Å². The first-order chi connectivity index (χ1) is 6.64. The highest BCUT2D eigenvalue weighted by Crippen LogP contribution is 2.45. The van der Waals surface area contributed by atoms with Crippen LogP contribution in [-0.4, -0.2) is 38.1 Å². The molecule has 2 aliphatic heterocycles. The average molecular weight is 196 g/mol. The Morgan fingerprint density at radius 3 is 2.71 bits per heavy atom. The van der Waals surface area contributed by atoms with Crippen LogP contribution in [0, 0.1) is 17.3 Å². The van der Waals surface area contributed by atoms with Gasteiger partial charge in [-0.3, -0.25) is 0 Å². The molecular weight excluding hydrogens is 172 g/mol. The van der Waals surface area contributed by atoms with Crippen molar-refractivity contribution in [2.75, 3.05) is 33.2 Å². The van der Waals surface area contributed by atoms with Gasteiger partial charge in [-0.25, -0.2) is 0 Å². The van der Waals surface area contributed by atoms with E-state index in [0.29, 0.717) is 5.41 Å². The Bertz CT molecular complexity index is 198. The van der Waals surface area contributed by atoms with E-state index in [1.54, 1.807) is 0 Å². The topological polar surface area (TPSA) is 15.3 Å². The zero-order chi connectivity index (χ0) is 10.2. The summed E-state index contributed by atoms with van der Waals surface area (Å²) in [5.41, 5.74) is 0.647. The van der Waals surface area contributed by atoms with Crippen molar-refractivity contribution in [1.29, 1.82) is 0 Å². The van der Waals surface area contributed by atoms with Gasteiger partial charge < -0.3 is 10.2 Å². The van der Waals surface area contributed by atoms with E-state index in [1.807, 2.05) is 0 Å². The number of nitrogens with zero attached hydrogens (tertiary/aromatic N) is 1. The third-order valence-corrected chi connectivity index (χ3v) is 4.33. The first-order valence-corrected chi connectivity index (χ1v) is 6.03. The number of rotatable bonds is 1. The van der Waals surface area contributed by atoms with Crippen molar-refractivity contribution in [3.63, 3.8) is 0 Å². The van der Waals surface area contributed by atoms with Gasteiger partial charge in [-0.05, 0) is 56.8 Å². The van der Waals surface area contributed by atoms with Crippen molar-refractivity contribution in [1.82, 2.24) is 10.2 Å². The quantitative estimate of drug-likeness (QED) is 0.685. The van der Waals surface area contributed by atoms with E-state index in [1.165, 1.54) is 39.0 Å². The molecule has 14 heavy (non-hydrogen) atoms. The van der Waals surface area contributed by atoms with Crippen LogP contribution in [0.3, 0.4) is 0 Å². The number of hydrogen-bond acceptors (Lipinski definition) is 2. The standard InChI is InChI=1S/C12H24N2/c1-10(2)11-8-13-6-4-12(11)5-7-14(3)9-12/h10-11,13H,4-9H2,1-3H3. The lowest BCUT2D eigenvalue weighted by atomic mass is 9.66. The van der Waals surface area contributed by atoms with Gasteiger partial charge in [0.1, 0.15) is 0 Å². The van der Waals surface area contributed by atoms with Crippen LogP contribution in [0.4, 0.5) is 0 Å². The Balaban J connectivity index is 2.13. The third kappa shape index (κ3) is 1.70. The molecule has 2 rings (SSSR count). The average Bonchev–Trinajstić information content (AvgIpc) is 2.48. The Kier molecular flexibility index (Phi) is 2.85. The van der Waals surface area contributed by atoms with Crippen molar-refractivity contribution in [2.24, 2.45) is 17.3 Å². The van der Waals surface area contributed by atoms with Crippen molar-refractivity contribution in [3.8, 4) is 0 Å². The Labute approximate surface area is 88.1 Å². The second kappa shape index (κ2) is 3.82. The number of hydrogen-bond donors (Lipinski definition) is 1. The highest BCUT2D eigenvalue weighted by molar-refractivity contribution is 4.98. The summed E-state index contributed by atoms with van der Waals surface area (Å²) >= 11 is 0. The van der Waals surface area contributed by atoms with Gasteiger partial charge in [0, 0.05) is 6.54 Å². The molecule has 82 valence electrons. The van der Waals surface area contributed by atoms with Gasteiger partial charge in [0.25, 0.3) is 0 Å². The van der Waals surface area contributed by atoms with Crippen molar-refractivity contribution >= 4 is 0 Å². The summed E-state index contributed by atoms with van der Waals surface area (Å²) < 4.78 is 0. The number of likely N-dealkylation sites (tertiary alicyclic amines) is 1. The van der Waals surface area contributed by atoms with E-state index in [9.17, 15) is 0 Å². The van der Waals surface area contributed by atoms with E-state index < -0.39 is 0 Å². The summed E-state index contributed by atoms with van der Waals surface area (Å²) in [6.45, 7) is 9.89. The SMILES string of the molecule is CC(C)C1CNCCC12CCN(C)C2. The van der Waals surface area contributed by atoms with Crippen LogP contribution >= 0.6 is 0 Å². The first-order valence-electron chi connectivity index (χ1n) is 6.03. The van der Waals surface area contributed by atoms with E-state index in [0.717, 1.165) is 11.8 Å². The zero-order valence-electron chi connectivity index (χ0n) is 9.84. The fraction of sp³-hybridized carbons (Fsp3) is 1.00. The molecule has 0 saturated carbocycles. The highest BCUT2D eigenvalue weighted by atomic mass is 15.1.